The monoisotopic (exact) mass is 185 g/mol. The van der Waals surface area contributed by atoms with Crippen LogP contribution in [0.3, 0.4) is 0 Å². The Morgan fingerprint density at radius 3 is 2.62 bits per heavy atom. The third-order valence-electron chi connectivity index (χ3n) is 2.59. The third kappa shape index (κ3) is 2.42. The molecule has 0 aromatic heterocycles. The van der Waals surface area contributed by atoms with Crippen molar-refractivity contribution in [3.63, 3.8) is 0 Å². The van der Waals surface area contributed by atoms with Crippen molar-refractivity contribution >= 4 is 5.91 Å². The summed E-state index contributed by atoms with van der Waals surface area (Å²) >= 11 is 0. The SMILES string of the molecule is CC(N)C(=O)N1CCC(N(C)C)C1. The van der Waals surface area contributed by atoms with Crippen molar-refractivity contribution < 1.29 is 4.79 Å². The number of nitrogens with zero attached hydrogens (tertiary/aromatic N) is 2. The van der Waals surface area contributed by atoms with Crippen LogP contribution >= 0.6 is 0 Å². The Labute approximate surface area is 79.7 Å². The fourth-order valence-corrected chi connectivity index (χ4v) is 1.65. The molecule has 1 aliphatic heterocycles. The molecule has 1 amide bonds. The van der Waals surface area contributed by atoms with E-state index in [-0.39, 0.29) is 11.9 Å². The van der Waals surface area contributed by atoms with Gasteiger partial charge in [0.05, 0.1) is 6.04 Å². The van der Waals surface area contributed by atoms with Crippen molar-refractivity contribution in [2.75, 3.05) is 27.2 Å². The van der Waals surface area contributed by atoms with E-state index in [4.69, 9.17) is 5.73 Å². The zero-order chi connectivity index (χ0) is 10.0. The smallest absolute Gasteiger partial charge is 0.239 e. The van der Waals surface area contributed by atoms with Crippen LogP contribution in [0.2, 0.25) is 0 Å². The first-order valence-corrected chi connectivity index (χ1v) is 4.73. The van der Waals surface area contributed by atoms with Gasteiger partial charge in [-0.1, -0.05) is 0 Å². The van der Waals surface area contributed by atoms with Gasteiger partial charge in [-0.3, -0.25) is 4.79 Å². The van der Waals surface area contributed by atoms with Gasteiger partial charge in [0.25, 0.3) is 0 Å². The van der Waals surface area contributed by atoms with E-state index in [1.165, 1.54) is 0 Å². The molecule has 0 aromatic carbocycles. The average Bonchev–Trinajstić information content (AvgIpc) is 2.50. The molecule has 1 saturated heterocycles. The second-order valence-electron chi connectivity index (χ2n) is 3.98. The van der Waals surface area contributed by atoms with E-state index in [2.05, 4.69) is 4.90 Å². The number of amides is 1. The zero-order valence-corrected chi connectivity index (χ0v) is 8.66. The first-order chi connectivity index (χ1) is 6.02. The summed E-state index contributed by atoms with van der Waals surface area (Å²) in [5, 5.41) is 0. The topological polar surface area (TPSA) is 49.6 Å². The van der Waals surface area contributed by atoms with Crippen molar-refractivity contribution in [3.8, 4) is 0 Å². The summed E-state index contributed by atoms with van der Waals surface area (Å²) in [5.74, 6) is 0.0735. The fourth-order valence-electron chi connectivity index (χ4n) is 1.65. The number of rotatable bonds is 2. The van der Waals surface area contributed by atoms with E-state index in [0.29, 0.717) is 6.04 Å². The van der Waals surface area contributed by atoms with Gasteiger partial charge in [0, 0.05) is 19.1 Å². The van der Waals surface area contributed by atoms with E-state index >= 15 is 0 Å². The molecule has 0 bridgehead atoms. The lowest BCUT2D eigenvalue weighted by Crippen LogP contribution is -2.42. The van der Waals surface area contributed by atoms with Crippen LogP contribution in [0.4, 0.5) is 0 Å². The molecule has 1 aliphatic rings. The Morgan fingerprint density at radius 2 is 2.23 bits per heavy atom. The maximum absolute atomic E-state index is 11.5. The highest BCUT2D eigenvalue weighted by molar-refractivity contribution is 5.81. The lowest BCUT2D eigenvalue weighted by atomic mass is 10.2. The van der Waals surface area contributed by atoms with Gasteiger partial charge >= 0.3 is 0 Å². The van der Waals surface area contributed by atoms with Gasteiger partial charge in [0.15, 0.2) is 0 Å². The van der Waals surface area contributed by atoms with Crippen LogP contribution in [-0.2, 0) is 4.79 Å². The molecule has 1 heterocycles. The van der Waals surface area contributed by atoms with Gasteiger partial charge in [-0.25, -0.2) is 0 Å². The third-order valence-corrected chi connectivity index (χ3v) is 2.59. The molecule has 2 atom stereocenters. The fraction of sp³-hybridized carbons (Fsp3) is 0.889. The van der Waals surface area contributed by atoms with Crippen LogP contribution in [0.25, 0.3) is 0 Å². The Morgan fingerprint density at radius 1 is 1.62 bits per heavy atom. The lowest BCUT2D eigenvalue weighted by molar-refractivity contribution is -0.131. The highest BCUT2D eigenvalue weighted by atomic mass is 16.2. The molecule has 13 heavy (non-hydrogen) atoms. The van der Waals surface area contributed by atoms with Crippen molar-refractivity contribution in [2.45, 2.75) is 25.4 Å². The van der Waals surface area contributed by atoms with E-state index in [1.54, 1.807) is 6.92 Å². The average molecular weight is 185 g/mol. The lowest BCUT2D eigenvalue weighted by Gasteiger charge is -2.21. The summed E-state index contributed by atoms with van der Waals surface area (Å²) in [6.07, 6.45) is 1.06. The molecule has 1 fully saturated rings. The quantitative estimate of drug-likeness (QED) is 0.631. The Bertz CT molecular complexity index is 191. The molecule has 0 aromatic rings. The molecular weight excluding hydrogens is 166 g/mol. The highest BCUT2D eigenvalue weighted by Gasteiger charge is 2.28. The van der Waals surface area contributed by atoms with Crippen LogP contribution in [0, 0.1) is 0 Å². The standard InChI is InChI=1S/C9H19N3O/c1-7(10)9(13)12-5-4-8(6-12)11(2)3/h7-8H,4-6,10H2,1-3H3. The summed E-state index contributed by atoms with van der Waals surface area (Å²) in [4.78, 5) is 15.5. The number of hydrogen-bond donors (Lipinski definition) is 1. The molecule has 4 heteroatoms. The van der Waals surface area contributed by atoms with Crippen LogP contribution in [-0.4, -0.2) is 55.0 Å². The minimum atomic E-state index is -0.360. The summed E-state index contributed by atoms with van der Waals surface area (Å²) in [6, 6.07) is 0.142. The molecule has 0 saturated carbocycles. The maximum Gasteiger partial charge on any atom is 0.239 e. The molecule has 0 spiro atoms. The van der Waals surface area contributed by atoms with Crippen LogP contribution in [0.5, 0.6) is 0 Å². The van der Waals surface area contributed by atoms with Crippen molar-refractivity contribution in [1.29, 1.82) is 0 Å². The summed E-state index contributed by atoms with van der Waals surface area (Å²) in [6.45, 7) is 3.42. The Kier molecular flexibility index (Phi) is 3.27. The second kappa shape index (κ2) is 4.07. The van der Waals surface area contributed by atoms with E-state index in [9.17, 15) is 4.79 Å². The van der Waals surface area contributed by atoms with E-state index in [0.717, 1.165) is 19.5 Å². The summed E-state index contributed by atoms with van der Waals surface area (Å²) in [7, 11) is 4.09. The van der Waals surface area contributed by atoms with Crippen LogP contribution in [0.15, 0.2) is 0 Å². The largest absolute Gasteiger partial charge is 0.340 e. The molecule has 1 rings (SSSR count). The minimum absolute atomic E-state index is 0.0735. The molecular formula is C9H19N3O. The molecule has 76 valence electrons. The van der Waals surface area contributed by atoms with Crippen LogP contribution in [0.1, 0.15) is 13.3 Å². The summed E-state index contributed by atoms with van der Waals surface area (Å²) in [5.41, 5.74) is 5.53. The second-order valence-corrected chi connectivity index (χ2v) is 3.98. The number of carbonyl (C=O) groups is 1. The highest BCUT2D eigenvalue weighted by Crippen LogP contribution is 2.13. The van der Waals surface area contributed by atoms with Gasteiger partial charge in [0.2, 0.25) is 5.91 Å². The number of hydrogen-bond acceptors (Lipinski definition) is 3. The molecule has 0 radical (unpaired) electrons. The van der Waals surface area contributed by atoms with Crippen molar-refractivity contribution in [2.24, 2.45) is 5.73 Å². The van der Waals surface area contributed by atoms with E-state index in [1.807, 2.05) is 19.0 Å². The van der Waals surface area contributed by atoms with E-state index < -0.39 is 0 Å². The Hall–Kier alpha value is -0.610. The minimum Gasteiger partial charge on any atom is -0.340 e. The molecule has 4 nitrogen and oxygen atoms in total. The van der Waals surface area contributed by atoms with Gasteiger partial charge < -0.3 is 15.5 Å². The zero-order valence-electron chi connectivity index (χ0n) is 8.66. The normalized spacial score (nSPS) is 25.3. The molecule has 0 aliphatic carbocycles. The first-order valence-electron chi connectivity index (χ1n) is 4.73. The molecule has 2 unspecified atom stereocenters. The number of carbonyl (C=O) groups excluding carboxylic acids is 1. The van der Waals surface area contributed by atoms with Gasteiger partial charge in [0.1, 0.15) is 0 Å². The number of likely N-dealkylation sites (N-methyl/N-ethyl adjacent to an activating group) is 1. The Balaban J connectivity index is 2.45. The predicted octanol–water partition coefficient (Wildman–Crippen LogP) is -0.504. The molecule has 2 N–H and O–H groups in total. The van der Waals surface area contributed by atoms with Crippen molar-refractivity contribution in [1.82, 2.24) is 9.80 Å². The van der Waals surface area contributed by atoms with Gasteiger partial charge in [-0.2, -0.15) is 0 Å². The number of nitrogens with two attached hydrogens (primary N) is 1. The van der Waals surface area contributed by atoms with Crippen LogP contribution < -0.4 is 5.73 Å². The first kappa shape index (κ1) is 10.5. The number of likely N-dealkylation sites (tertiary alicyclic amines) is 1. The summed E-state index contributed by atoms with van der Waals surface area (Å²) < 4.78 is 0. The maximum atomic E-state index is 11.5. The van der Waals surface area contributed by atoms with Gasteiger partial charge in [-0.05, 0) is 27.4 Å². The van der Waals surface area contributed by atoms with Crippen molar-refractivity contribution in [3.05, 3.63) is 0 Å². The van der Waals surface area contributed by atoms with Gasteiger partial charge in [-0.15, -0.1) is 0 Å². The predicted molar refractivity (Wildman–Crippen MR) is 52.3 cm³/mol.